The SMILES string of the molecule is Cc1c[nH]c(CN(C)Cc2cc(-c3ccc(-c4cccc(S(C)(=O)=O)c4)s3)n(-c3ccccc3Cl)n2)n1. The van der Waals surface area contributed by atoms with Gasteiger partial charge in [0.15, 0.2) is 9.84 Å². The lowest BCUT2D eigenvalue weighted by Gasteiger charge is -2.13. The molecule has 0 aliphatic rings. The van der Waals surface area contributed by atoms with Crippen LogP contribution in [0.5, 0.6) is 0 Å². The molecule has 0 aliphatic heterocycles. The molecule has 0 spiro atoms. The Balaban J connectivity index is 1.50. The van der Waals surface area contributed by atoms with Crippen LogP contribution in [0.2, 0.25) is 5.02 Å². The molecule has 0 unspecified atom stereocenters. The lowest BCUT2D eigenvalue weighted by atomic mass is 10.2. The summed E-state index contributed by atoms with van der Waals surface area (Å²) in [5.74, 6) is 0.907. The van der Waals surface area contributed by atoms with Gasteiger partial charge >= 0.3 is 0 Å². The Hall–Kier alpha value is -3.24. The van der Waals surface area contributed by atoms with Gasteiger partial charge in [0.05, 0.1) is 44.1 Å². The quantitative estimate of drug-likeness (QED) is 0.256. The van der Waals surface area contributed by atoms with Crippen LogP contribution in [-0.2, 0) is 22.9 Å². The van der Waals surface area contributed by atoms with Crippen molar-refractivity contribution >= 4 is 32.8 Å². The van der Waals surface area contributed by atoms with Crippen LogP contribution in [0, 0.1) is 6.92 Å². The van der Waals surface area contributed by atoms with E-state index < -0.39 is 9.84 Å². The molecule has 1 N–H and O–H groups in total. The van der Waals surface area contributed by atoms with Gasteiger partial charge in [-0.05, 0) is 62.0 Å². The zero-order chi connectivity index (χ0) is 26.2. The Labute approximate surface area is 225 Å². The van der Waals surface area contributed by atoms with Gasteiger partial charge in [-0.2, -0.15) is 5.10 Å². The monoisotopic (exact) mass is 551 g/mol. The van der Waals surface area contributed by atoms with Gasteiger partial charge in [-0.15, -0.1) is 11.3 Å². The highest BCUT2D eigenvalue weighted by Gasteiger charge is 2.18. The third kappa shape index (κ3) is 5.70. The average Bonchev–Trinajstić information content (AvgIpc) is 3.59. The molecule has 5 rings (SSSR count). The highest BCUT2D eigenvalue weighted by molar-refractivity contribution is 7.90. The molecule has 3 heterocycles. The van der Waals surface area contributed by atoms with Crippen molar-refractivity contribution in [3.63, 3.8) is 0 Å². The summed E-state index contributed by atoms with van der Waals surface area (Å²) < 4.78 is 26.0. The van der Waals surface area contributed by atoms with E-state index in [0.29, 0.717) is 23.0 Å². The average molecular weight is 552 g/mol. The van der Waals surface area contributed by atoms with E-state index in [1.165, 1.54) is 6.26 Å². The number of halogens is 1. The molecule has 7 nitrogen and oxygen atoms in total. The number of imidazole rings is 1. The van der Waals surface area contributed by atoms with E-state index in [-0.39, 0.29) is 0 Å². The summed E-state index contributed by atoms with van der Waals surface area (Å²) in [6.45, 7) is 3.26. The van der Waals surface area contributed by atoms with Crippen molar-refractivity contribution in [1.82, 2.24) is 24.6 Å². The van der Waals surface area contributed by atoms with Gasteiger partial charge in [0.2, 0.25) is 0 Å². The second-order valence-corrected chi connectivity index (χ2v) is 12.5. The molecule has 5 aromatic rings. The summed E-state index contributed by atoms with van der Waals surface area (Å²) in [4.78, 5) is 12.1. The Kier molecular flexibility index (Phi) is 7.04. The van der Waals surface area contributed by atoms with E-state index in [2.05, 4.69) is 20.9 Å². The maximum Gasteiger partial charge on any atom is 0.175 e. The molecule has 0 saturated heterocycles. The number of para-hydroxylation sites is 1. The molecule has 0 atom stereocenters. The number of aryl methyl sites for hydroxylation is 1. The molecule has 0 bridgehead atoms. The minimum Gasteiger partial charge on any atom is -0.347 e. The highest BCUT2D eigenvalue weighted by atomic mass is 35.5. The number of nitrogens with zero attached hydrogens (tertiary/aromatic N) is 4. The molecule has 0 saturated carbocycles. The summed E-state index contributed by atoms with van der Waals surface area (Å²) in [6.07, 6.45) is 3.12. The third-order valence-corrected chi connectivity index (χ3v) is 8.44. The topological polar surface area (TPSA) is 83.9 Å². The van der Waals surface area contributed by atoms with Gasteiger partial charge in [-0.1, -0.05) is 35.9 Å². The molecular formula is C27H26ClN5O2S2. The Morgan fingerprint density at radius 3 is 2.54 bits per heavy atom. The zero-order valence-electron chi connectivity index (χ0n) is 20.6. The Morgan fingerprint density at radius 1 is 1.03 bits per heavy atom. The Bertz CT molecular complexity index is 1670. The van der Waals surface area contributed by atoms with Crippen LogP contribution in [0.25, 0.3) is 26.7 Å². The summed E-state index contributed by atoms with van der Waals surface area (Å²) >= 11 is 8.15. The van der Waals surface area contributed by atoms with Crippen molar-refractivity contribution in [2.24, 2.45) is 0 Å². The van der Waals surface area contributed by atoms with E-state index in [4.69, 9.17) is 16.7 Å². The summed E-state index contributed by atoms with van der Waals surface area (Å²) in [5, 5.41) is 5.53. The lowest BCUT2D eigenvalue weighted by molar-refractivity contribution is 0.307. The maximum absolute atomic E-state index is 12.1. The van der Waals surface area contributed by atoms with Gasteiger partial charge in [0.1, 0.15) is 5.82 Å². The number of hydrogen-bond donors (Lipinski definition) is 1. The Morgan fingerprint density at radius 2 is 1.81 bits per heavy atom. The molecule has 0 amide bonds. The fourth-order valence-corrected chi connectivity index (χ4v) is 6.02. The number of aromatic amines is 1. The predicted octanol–water partition coefficient (Wildman–Crippen LogP) is 5.99. The first-order valence-electron chi connectivity index (χ1n) is 11.6. The minimum absolute atomic E-state index is 0.304. The van der Waals surface area contributed by atoms with E-state index in [1.54, 1.807) is 29.5 Å². The van der Waals surface area contributed by atoms with Crippen LogP contribution >= 0.6 is 22.9 Å². The number of sulfone groups is 1. The number of hydrogen-bond acceptors (Lipinski definition) is 6. The van der Waals surface area contributed by atoms with Crippen molar-refractivity contribution in [3.05, 3.63) is 95.2 Å². The van der Waals surface area contributed by atoms with E-state index in [0.717, 1.165) is 43.9 Å². The smallest absolute Gasteiger partial charge is 0.175 e. The lowest BCUT2D eigenvalue weighted by Crippen LogP contribution is -2.18. The molecule has 10 heteroatoms. The van der Waals surface area contributed by atoms with Crippen molar-refractivity contribution in [3.8, 4) is 26.7 Å². The van der Waals surface area contributed by atoms with Crippen LogP contribution in [0.15, 0.2) is 77.8 Å². The molecule has 0 radical (unpaired) electrons. The molecule has 190 valence electrons. The number of nitrogens with one attached hydrogen (secondary N) is 1. The van der Waals surface area contributed by atoms with Gasteiger partial charge in [0, 0.05) is 23.9 Å². The second-order valence-electron chi connectivity index (χ2n) is 9.01. The van der Waals surface area contributed by atoms with Crippen molar-refractivity contribution in [2.75, 3.05) is 13.3 Å². The van der Waals surface area contributed by atoms with Gasteiger partial charge in [-0.25, -0.2) is 18.1 Å². The predicted molar refractivity (Wildman–Crippen MR) is 149 cm³/mol. The number of benzene rings is 2. The molecule has 2 aromatic carbocycles. The second kappa shape index (κ2) is 10.3. The van der Waals surface area contributed by atoms with Crippen LogP contribution in [-0.4, -0.2) is 46.4 Å². The maximum atomic E-state index is 12.1. The number of rotatable bonds is 8. The van der Waals surface area contributed by atoms with Crippen LogP contribution in [0.1, 0.15) is 17.2 Å². The van der Waals surface area contributed by atoms with Gasteiger partial charge in [-0.3, -0.25) is 4.90 Å². The number of thiophene rings is 1. The van der Waals surface area contributed by atoms with Crippen molar-refractivity contribution in [2.45, 2.75) is 24.9 Å². The summed E-state index contributed by atoms with van der Waals surface area (Å²) in [7, 11) is -1.26. The zero-order valence-corrected chi connectivity index (χ0v) is 23.0. The fourth-order valence-electron chi connectivity index (χ4n) is 4.14. The largest absolute Gasteiger partial charge is 0.347 e. The summed E-state index contributed by atoms with van der Waals surface area (Å²) in [6, 6.07) is 20.8. The standard InChI is InChI=1S/C27H26ClN5O2S2/c1-18-15-29-27(30-18)17-32(2)16-20-14-24(33(31-20)23-10-5-4-9-22(23)28)26-12-11-25(36-26)19-7-6-8-21(13-19)37(3,34)35/h4-15H,16-17H2,1-3H3,(H,29,30). The normalized spacial score (nSPS) is 11.9. The van der Waals surface area contributed by atoms with Crippen molar-refractivity contribution in [1.29, 1.82) is 0 Å². The molecule has 3 aromatic heterocycles. The first-order chi connectivity index (χ1) is 17.7. The first kappa shape index (κ1) is 25.4. The molecule has 37 heavy (non-hydrogen) atoms. The van der Waals surface area contributed by atoms with Gasteiger partial charge < -0.3 is 4.98 Å². The number of aromatic nitrogens is 4. The van der Waals surface area contributed by atoms with Crippen LogP contribution < -0.4 is 0 Å². The third-order valence-electron chi connectivity index (χ3n) is 5.86. The summed E-state index contributed by atoms with van der Waals surface area (Å²) in [5.41, 5.74) is 4.43. The molecular weight excluding hydrogens is 526 g/mol. The minimum atomic E-state index is -3.29. The molecule has 0 fully saturated rings. The van der Waals surface area contributed by atoms with Crippen LogP contribution in [0.3, 0.4) is 0 Å². The first-order valence-corrected chi connectivity index (χ1v) is 14.7. The highest BCUT2D eigenvalue weighted by Crippen LogP contribution is 2.37. The van der Waals surface area contributed by atoms with E-state index in [1.807, 2.05) is 67.3 Å². The fraction of sp³-hybridized carbons (Fsp3) is 0.185. The van der Waals surface area contributed by atoms with Crippen molar-refractivity contribution < 1.29 is 8.42 Å². The number of H-pyrrole nitrogens is 1. The van der Waals surface area contributed by atoms with Gasteiger partial charge in [0.25, 0.3) is 0 Å². The molecule has 0 aliphatic carbocycles. The van der Waals surface area contributed by atoms with E-state index >= 15 is 0 Å². The van der Waals surface area contributed by atoms with Crippen LogP contribution in [0.4, 0.5) is 0 Å². The van der Waals surface area contributed by atoms with E-state index in [9.17, 15) is 8.42 Å².